The second kappa shape index (κ2) is 21.6. The van der Waals surface area contributed by atoms with Gasteiger partial charge in [-0.15, -0.1) is 0 Å². The maximum atomic E-state index is 13.6. The molecule has 2 heterocycles. The van der Waals surface area contributed by atoms with Gasteiger partial charge in [-0.25, -0.2) is 17.9 Å². The second-order valence-corrected chi connectivity index (χ2v) is 16.1. The molecule has 0 radical (unpaired) electrons. The van der Waals surface area contributed by atoms with Crippen LogP contribution in [0.5, 0.6) is 0 Å². The standard InChI is InChI=1S/C38H55F3N4O11S/c1-3-4-5-6-7-8-9-10-14-30(48)43-31-28(20-46)54-22-27(45-57(52,53)26-17-15-23(2)16-18-26)35(31)56-36-32(34(50)33(49)29(21-47)55-36)44-37(51)42-25-13-11-12-24(19-25)38(39,40)41/h11-13,15-19,27-29,31-36,45-47,49-50H,3-10,14,20-22H2,1-2H3,(H,43,48)(H2,42,44,51)/t27-,28+,29+,31-,32+,33+,34+,35+,36-/m0/s1. The van der Waals surface area contributed by atoms with Crippen LogP contribution in [0.4, 0.5) is 23.7 Å². The van der Waals surface area contributed by atoms with Gasteiger partial charge in [0, 0.05) is 12.1 Å². The number of anilines is 1. The van der Waals surface area contributed by atoms with Crippen molar-refractivity contribution in [1.82, 2.24) is 15.4 Å². The van der Waals surface area contributed by atoms with Gasteiger partial charge in [-0.05, 0) is 43.7 Å². The van der Waals surface area contributed by atoms with Gasteiger partial charge >= 0.3 is 12.2 Å². The molecule has 2 aromatic rings. The van der Waals surface area contributed by atoms with E-state index in [0.717, 1.165) is 56.2 Å². The predicted octanol–water partition coefficient (Wildman–Crippen LogP) is 3.08. The van der Waals surface area contributed by atoms with Crippen LogP contribution in [-0.2, 0) is 35.2 Å². The van der Waals surface area contributed by atoms with Crippen LogP contribution in [0.2, 0.25) is 0 Å². The zero-order valence-electron chi connectivity index (χ0n) is 32.0. The molecule has 19 heteroatoms. The number of amides is 3. The van der Waals surface area contributed by atoms with Crippen molar-refractivity contribution in [2.45, 2.75) is 138 Å². The summed E-state index contributed by atoms with van der Waals surface area (Å²) in [6, 6.07) is 4.31. The van der Waals surface area contributed by atoms with E-state index in [2.05, 4.69) is 27.6 Å². The molecule has 2 saturated heterocycles. The van der Waals surface area contributed by atoms with Gasteiger partial charge in [0.05, 0.1) is 42.4 Å². The summed E-state index contributed by atoms with van der Waals surface area (Å²) >= 11 is 0. The van der Waals surface area contributed by atoms with Gasteiger partial charge in [0.1, 0.15) is 36.6 Å². The average molecular weight is 833 g/mol. The first-order chi connectivity index (χ1) is 27.1. The Balaban J connectivity index is 1.61. The van der Waals surface area contributed by atoms with Gasteiger partial charge in [-0.2, -0.15) is 13.2 Å². The number of nitrogens with one attached hydrogen (secondary N) is 4. The number of carbonyl (C=O) groups is 2. The van der Waals surface area contributed by atoms with E-state index in [9.17, 15) is 51.6 Å². The highest BCUT2D eigenvalue weighted by Gasteiger charge is 2.51. The smallest absolute Gasteiger partial charge is 0.394 e. The molecule has 2 fully saturated rings. The Bertz CT molecular complexity index is 1690. The Morgan fingerprint density at radius 2 is 1.53 bits per heavy atom. The summed E-state index contributed by atoms with van der Waals surface area (Å²) in [4.78, 5) is 26.4. The molecule has 0 saturated carbocycles. The maximum Gasteiger partial charge on any atom is 0.416 e. The van der Waals surface area contributed by atoms with E-state index in [4.69, 9.17) is 14.2 Å². The van der Waals surface area contributed by atoms with Gasteiger partial charge in [0.15, 0.2) is 6.29 Å². The van der Waals surface area contributed by atoms with E-state index in [-0.39, 0.29) is 23.6 Å². The van der Waals surface area contributed by atoms with Gasteiger partial charge in [-0.3, -0.25) is 4.79 Å². The fraction of sp³-hybridized carbons (Fsp3) is 0.632. The third-order valence-electron chi connectivity index (χ3n) is 9.96. The van der Waals surface area contributed by atoms with Crippen molar-refractivity contribution < 1.29 is 65.8 Å². The van der Waals surface area contributed by atoms with Crippen molar-refractivity contribution in [3.63, 3.8) is 0 Å². The van der Waals surface area contributed by atoms with Crippen molar-refractivity contribution in [3.05, 3.63) is 59.7 Å². The third-order valence-corrected chi connectivity index (χ3v) is 11.5. The average Bonchev–Trinajstić information content (AvgIpc) is 3.16. The molecule has 320 valence electrons. The normalized spacial score (nSPS) is 26.8. The molecule has 57 heavy (non-hydrogen) atoms. The summed E-state index contributed by atoms with van der Waals surface area (Å²) in [7, 11) is -4.29. The summed E-state index contributed by atoms with van der Waals surface area (Å²) in [6.45, 7) is 2.04. The van der Waals surface area contributed by atoms with Crippen LogP contribution in [0.3, 0.4) is 0 Å². The first-order valence-corrected chi connectivity index (χ1v) is 20.7. The van der Waals surface area contributed by atoms with E-state index >= 15 is 0 Å². The molecule has 9 atom stereocenters. The summed E-state index contributed by atoms with van der Waals surface area (Å²) in [5, 5.41) is 49.6. The van der Waals surface area contributed by atoms with E-state index in [1.54, 1.807) is 19.1 Å². The van der Waals surface area contributed by atoms with Crippen molar-refractivity contribution in [2.24, 2.45) is 0 Å². The van der Waals surface area contributed by atoms with E-state index < -0.39 is 102 Å². The molecule has 0 bridgehead atoms. The number of ether oxygens (including phenoxy) is 3. The first kappa shape index (κ1) is 46.3. The monoisotopic (exact) mass is 832 g/mol. The zero-order chi connectivity index (χ0) is 41.8. The molecule has 3 amide bonds. The lowest BCUT2D eigenvalue weighted by Gasteiger charge is -2.47. The largest absolute Gasteiger partial charge is 0.416 e. The van der Waals surface area contributed by atoms with Crippen molar-refractivity contribution in [3.8, 4) is 0 Å². The number of alkyl halides is 3. The topological polar surface area (TPSA) is 225 Å². The van der Waals surface area contributed by atoms with Crippen LogP contribution in [-0.4, -0.2) is 116 Å². The Labute approximate surface area is 330 Å². The SMILES string of the molecule is CCCCCCCCCCC(=O)N[C@@H]1[C@H](O[C@@H]2O[C@H](CO)[C@@H](O)[C@H](O)[C@H]2NC(=O)Nc2cccc(C(F)(F)F)c2)[C@@H](NS(=O)(=O)c2ccc(C)cc2)CO[C@@H]1CO. The summed E-state index contributed by atoms with van der Waals surface area (Å²) in [5.41, 5.74) is -0.512. The number of urea groups is 1. The number of aryl methyl sites for hydroxylation is 1. The van der Waals surface area contributed by atoms with E-state index in [0.29, 0.717) is 12.5 Å². The van der Waals surface area contributed by atoms with Crippen molar-refractivity contribution in [1.29, 1.82) is 0 Å². The highest BCUT2D eigenvalue weighted by molar-refractivity contribution is 7.89. The molecular formula is C38H55F3N4O11S. The first-order valence-electron chi connectivity index (χ1n) is 19.2. The summed E-state index contributed by atoms with van der Waals surface area (Å²) in [5.74, 6) is -0.452. The van der Waals surface area contributed by atoms with Crippen molar-refractivity contribution in [2.75, 3.05) is 25.1 Å². The number of rotatable bonds is 19. The van der Waals surface area contributed by atoms with Crippen LogP contribution in [0, 0.1) is 6.92 Å². The van der Waals surface area contributed by atoms with E-state index in [1.165, 1.54) is 24.6 Å². The minimum Gasteiger partial charge on any atom is -0.394 e. The number of aliphatic hydroxyl groups excluding tert-OH is 4. The van der Waals surface area contributed by atoms with Crippen molar-refractivity contribution >= 4 is 27.6 Å². The minimum absolute atomic E-state index is 0.0907. The fourth-order valence-electron chi connectivity index (χ4n) is 6.77. The summed E-state index contributed by atoms with van der Waals surface area (Å²) in [6.07, 6.45) is -6.32. The molecule has 0 unspecified atom stereocenters. The molecule has 0 spiro atoms. The highest BCUT2D eigenvalue weighted by atomic mass is 32.2. The number of hydrogen-bond donors (Lipinski definition) is 8. The highest BCUT2D eigenvalue weighted by Crippen LogP contribution is 2.31. The quantitative estimate of drug-likeness (QED) is 0.0961. The van der Waals surface area contributed by atoms with Gasteiger partial charge in [0.2, 0.25) is 15.9 Å². The Morgan fingerprint density at radius 1 is 0.877 bits per heavy atom. The molecular weight excluding hydrogens is 777 g/mol. The number of halogens is 3. The summed E-state index contributed by atoms with van der Waals surface area (Å²) < 4.78 is 87.8. The minimum atomic E-state index is -4.71. The number of benzene rings is 2. The molecule has 4 rings (SSSR count). The van der Waals surface area contributed by atoms with E-state index in [1.807, 2.05) is 0 Å². The Kier molecular flexibility index (Phi) is 17.5. The fourth-order valence-corrected chi connectivity index (χ4v) is 8.00. The molecule has 2 aliphatic heterocycles. The second-order valence-electron chi connectivity index (χ2n) is 14.4. The van der Waals surface area contributed by atoms with Gasteiger partial charge in [-0.1, -0.05) is 75.6 Å². The molecule has 0 aromatic heterocycles. The number of unbranched alkanes of at least 4 members (excludes halogenated alkanes) is 7. The number of carbonyl (C=O) groups excluding carboxylic acids is 2. The molecule has 8 N–H and O–H groups in total. The molecule has 2 aromatic carbocycles. The lowest BCUT2D eigenvalue weighted by molar-refractivity contribution is -0.293. The molecule has 15 nitrogen and oxygen atoms in total. The number of sulfonamides is 1. The lowest BCUT2D eigenvalue weighted by atomic mass is 9.94. The number of hydrogen-bond acceptors (Lipinski definition) is 11. The third kappa shape index (κ3) is 13.3. The molecule has 2 aliphatic rings. The van der Waals surface area contributed by atoms with Gasteiger partial charge < -0.3 is 50.6 Å². The van der Waals surface area contributed by atoms with Gasteiger partial charge in [0.25, 0.3) is 0 Å². The van der Waals surface area contributed by atoms with Crippen LogP contribution >= 0.6 is 0 Å². The Morgan fingerprint density at radius 3 is 2.16 bits per heavy atom. The Hall–Kier alpha value is -3.40. The van der Waals surface area contributed by atoms with Crippen LogP contribution < -0.4 is 20.7 Å². The van der Waals surface area contributed by atoms with Crippen LogP contribution in [0.25, 0.3) is 0 Å². The predicted molar refractivity (Wildman–Crippen MR) is 201 cm³/mol. The zero-order valence-corrected chi connectivity index (χ0v) is 32.8. The lowest BCUT2D eigenvalue weighted by Crippen LogP contribution is -2.70. The molecule has 0 aliphatic carbocycles. The van der Waals surface area contributed by atoms with Crippen LogP contribution in [0.1, 0.15) is 75.8 Å². The maximum absolute atomic E-state index is 13.6. The number of aliphatic hydroxyl groups is 4. The van der Waals surface area contributed by atoms with Crippen LogP contribution in [0.15, 0.2) is 53.4 Å².